The molecular formula is C3H9OSb. The van der Waals surface area contributed by atoms with E-state index >= 15 is 0 Å². The SMILES string of the molecule is CC(C)[O][SbH2]. The van der Waals surface area contributed by atoms with Crippen molar-refractivity contribution in [1.82, 2.24) is 0 Å². The van der Waals surface area contributed by atoms with Crippen molar-refractivity contribution in [3.63, 3.8) is 0 Å². The molecular weight excluding hydrogens is 174 g/mol. The van der Waals surface area contributed by atoms with Crippen molar-refractivity contribution in [1.29, 1.82) is 0 Å². The van der Waals surface area contributed by atoms with Crippen LogP contribution in [-0.4, -0.2) is 29.5 Å². The van der Waals surface area contributed by atoms with Gasteiger partial charge in [0, 0.05) is 0 Å². The quantitative estimate of drug-likeness (QED) is 0.518. The molecule has 0 unspecified atom stereocenters. The molecule has 0 fully saturated rings. The van der Waals surface area contributed by atoms with Crippen LogP contribution in [0.4, 0.5) is 0 Å². The van der Waals surface area contributed by atoms with E-state index in [1.54, 1.807) is 0 Å². The Morgan fingerprint density at radius 1 is 1.60 bits per heavy atom. The van der Waals surface area contributed by atoms with Gasteiger partial charge in [0.1, 0.15) is 0 Å². The van der Waals surface area contributed by atoms with Crippen LogP contribution in [0.15, 0.2) is 0 Å². The monoisotopic (exact) mass is 182 g/mol. The van der Waals surface area contributed by atoms with Crippen molar-refractivity contribution in [2.75, 3.05) is 0 Å². The predicted octanol–water partition coefficient (Wildman–Crippen LogP) is -0.0405. The summed E-state index contributed by atoms with van der Waals surface area (Å²) in [5.74, 6) is 0. The van der Waals surface area contributed by atoms with Crippen LogP contribution >= 0.6 is 0 Å². The van der Waals surface area contributed by atoms with E-state index < -0.39 is 0 Å². The molecule has 0 saturated carbocycles. The van der Waals surface area contributed by atoms with Crippen molar-refractivity contribution in [3.05, 3.63) is 0 Å². The summed E-state index contributed by atoms with van der Waals surface area (Å²) in [6.45, 7) is 4.07. The van der Waals surface area contributed by atoms with Crippen molar-refractivity contribution in [2.45, 2.75) is 20.0 Å². The fourth-order valence-electron chi connectivity index (χ4n) is 0. The third-order valence-electron chi connectivity index (χ3n) is 0.272. The molecule has 0 rings (SSSR count). The molecule has 0 N–H and O–H groups in total. The van der Waals surface area contributed by atoms with Crippen molar-refractivity contribution < 1.29 is 3.02 Å². The molecule has 0 aliphatic rings. The number of rotatable bonds is 1. The molecule has 0 aromatic rings. The maximum absolute atomic E-state index is 4.88. The van der Waals surface area contributed by atoms with Gasteiger partial charge in [-0.05, 0) is 0 Å². The summed E-state index contributed by atoms with van der Waals surface area (Å²) < 4.78 is 4.88. The first-order valence-corrected chi connectivity index (χ1v) is 2.97. The standard InChI is InChI=1S/C3H7O.Sb.2H/c1-3(2)4;;;/h3H,1-2H3;;;/q-1;+1;;. The van der Waals surface area contributed by atoms with E-state index in [1.165, 1.54) is 0 Å². The van der Waals surface area contributed by atoms with Crippen LogP contribution < -0.4 is 0 Å². The van der Waals surface area contributed by atoms with Crippen LogP contribution in [0.25, 0.3) is 0 Å². The Kier molecular flexibility index (Phi) is 3.45. The van der Waals surface area contributed by atoms with Gasteiger partial charge in [-0.25, -0.2) is 0 Å². The van der Waals surface area contributed by atoms with Gasteiger partial charge in [0.15, 0.2) is 0 Å². The zero-order valence-corrected chi connectivity index (χ0v) is 6.86. The van der Waals surface area contributed by atoms with Gasteiger partial charge < -0.3 is 0 Å². The fourth-order valence-corrected chi connectivity index (χ4v) is 0. The van der Waals surface area contributed by atoms with E-state index in [2.05, 4.69) is 0 Å². The minimum atomic E-state index is 0.442. The Balaban J connectivity index is 2.54. The predicted molar refractivity (Wildman–Crippen MR) is 24.8 cm³/mol. The molecule has 0 saturated heterocycles. The van der Waals surface area contributed by atoms with Crippen molar-refractivity contribution in [2.24, 2.45) is 0 Å². The first-order chi connectivity index (χ1) is 2.27. The van der Waals surface area contributed by atoms with Gasteiger partial charge in [-0.2, -0.15) is 0 Å². The summed E-state index contributed by atoms with van der Waals surface area (Å²) in [6, 6.07) is 0. The molecule has 0 atom stereocenters. The molecule has 0 amide bonds. The van der Waals surface area contributed by atoms with Crippen LogP contribution in [-0.2, 0) is 3.02 Å². The molecule has 0 aromatic carbocycles. The average Bonchev–Trinajstić information content (AvgIpc) is 1.38. The summed E-state index contributed by atoms with van der Waals surface area (Å²) in [6.07, 6.45) is 0.442. The third kappa shape index (κ3) is 4.78. The maximum atomic E-state index is 4.88. The molecule has 32 valence electrons. The van der Waals surface area contributed by atoms with Gasteiger partial charge >= 0.3 is 46.4 Å². The molecule has 0 radical (unpaired) electrons. The van der Waals surface area contributed by atoms with Crippen LogP contribution in [0, 0.1) is 0 Å². The fraction of sp³-hybridized carbons (Fsp3) is 1.00. The Labute approximate surface area is 46.8 Å². The first-order valence-electron chi connectivity index (χ1n) is 1.63. The summed E-state index contributed by atoms with van der Waals surface area (Å²) >= 11 is 0.926. The zero-order chi connectivity index (χ0) is 4.28. The summed E-state index contributed by atoms with van der Waals surface area (Å²) in [5, 5.41) is 0. The second kappa shape index (κ2) is 2.99. The molecule has 0 bridgehead atoms. The third-order valence-corrected chi connectivity index (χ3v) is 1.83. The van der Waals surface area contributed by atoms with Crippen molar-refractivity contribution >= 4 is 23.4 Å². The molecule has 0 aliphatic heterocycles. The van der Waals surface area contributed by atoms with E-state index in [0.29, 0.717) is 6.10 Å². The summed E-state index contributed by atoms with van der Waals surface area (Å²) in [5.41, 5.74) is 0. The zero-order valence-electron chi connectivity index (χ0n) is 3.56. The van der Waals surface area contributed by atoms with Crippen LogP contribution in [0.1, 0.15) is 13.8 Å². The molecule has 0 heterocycles. The molecule has 1 nitrogen and oxygen atoms in total. The molecule has 0 aromatic heterocycles. The van der Waals surface area contributed by atoms with Gasteiger partial charge in [0.2, 0.25) is 0 Å². The second-order valence-electron chi connectivity index (χ2n) is 1.18. The topological polar surface area (TPSA) is 9.23 Å². The van der Waals surface area contributed by atoms with Crippen LogP contribution in [0.3, 0.4) is 0 Å². The van der Waals surface area contributed by atoms with E-state index in [1.807, 2.05) is 13.8 Å². The Bertz CT molecular complexity index is 20.9. The van der Waals surface area contributed by atoms with E-state index in [0.717, 1.165) is 23.4 Å². The van der Waals surface area contributed by atoms with Gasteiger partial charge in [0.25, 0.3) is 0 Å². The van der Waals surface area contributed by atoms with Crippen molar-refractivity contribution in [3.8, 4) is 0 Å². The number of hydrogen-bond donors (Lipinski definition) is 0. The minimum absolute atomic E-state index is 0.442. The Hall–Kier alpha value is 0.778. The van der Waals surface area contributed by atoms with E-state index in [4.69, 9.17) is 3.02 Å². The Morgan fingerprint density at radius 3 is 1.80 bits per heavy atom. The molecule has 2 heteroatoms. The summed E-state index contributed by atoms with van der Waals surface area (Å²) in [4.78, 5) is 0. The van der Waals surface area contributed by atoms with E-state index in [-0.39, 0.29) is 0 Å². The average molecular weight is 183 g/mol. The van der Waals surface area contributed by atoms with Gasteiger partial charge in [-0.3, -0.25) is 0 Å². The Morgan fingerprint density at radius 2 is 1.80 bits per heavy atom. The molecule has 0 spiro atoms. The number of hydrogen-bond acceptors (Lipinski definition) is 1. The van der Waals surface area contributed by atoms with Gasteiger partial charge in [-0.15, -0.1) is 0 Å². The molecule has 5 heavy (non-hydrogen) atoms. The molecule has 0 aliphatic carbocycles. The normalized spacial score (nSPS) is 9.60. The second-order valence-corrected chi connectivity index (χ2v) is 1.96. The first kappa shape index (κ1) is 5.78. The van der Waals surface area contributed by atoms with E-state index in [9.17, 15) is 0 Å². The van der Waals surface area contributed by atoms with Gasteiger partial charge in [-0.1, -0.05) is 0 Å². The van der Waals surface area contributed by atoms with Crippen LogP contribution in [0.5, 0.6) is 0 Å². The van der Waals surface area contributed by atoms with Gasteiger partial charge in [0.05, 0.1) is 0 Å². The van der Waals surface area contributed by atoms with Crippen LogP contribution in [0.2, 0.25) is 0 Å². The summed E-state index contributed by atoms with van der Waals surface area (Å²) in [7, 11) is 0.